The maximum Gasteiger partial charge on any atom is 0.167 e. The van der Waals surface area contributed by atoms with Crippen LogP contribution in [0.25, 0.3) is 11.4 Å². The first kappa shape index (κ1) is 9.85. The van der Waals surface area contributed by atoms with Crippen molar-refractivity contribution in [3.8, 4) is 11.4 Å². The van der Waals surface area contributed by atoms with Crippen molar-refractivity contribution in [2.75, 3.05) is 6.54 Å². The van der Waals surface area contributed by atoms with E-state index < -0.39 is 0 Å². The number of H-pyrrole nitrogens is 1. The molecule has 0 amide bonds. The van der Waals surface area contributed by atoms with E-state index in [9.17, 15) is 0 Å². The Hall–Kier alpha value is -1.69. The first-order valence-electron chi connectivity index (χ1n) is 4.92. The van der Waals surface area contributed by atoms with Crippen molar-refractivity contribution in [2.24, 2.45) is 5.73 Å². The molecule has 0 spiro atoms. The molecule has 0 atom stereocenters. The summed E-state index contributed by atoms with van der Waals surface area (Å²) in [5, 5.41) is 14.8. The second-order valence-electron chi connectivity index (χ2n) is 3.35. The van der Waals surface area contributed by atoms with E-state index in [1.807, 2.05) is 13.1 Å². The van der Waals surface area contributed by atoms with Crippen molar-refractivity contribution in [2.45, 2.75) is 19.9 Å². The average Bonchev–Trinajstić information content (AvgIpc) is 2.84. The minimum Gasteiger partial charge on any atom is -0.330 e. The quantitative estimate of drug-likeness (QED) is 0.754. The summed E-state index contributed by atoms with van der Waals surface area (Å²) in [6, 6.07) is 0. The van der Waals surface area contributed by atoms with Crippen LogP contribution in [0.3, 0.4) is 0 Å². The minimum absolute atomic E-state index is 0.669. The zero-order valence-corrected chi connectivity index (χ0v) is 8.64. The van der Waals surface area contributed by atoms with Crippen molar-refractivity contribution in [1.29, 1.82) is 0 Å². The van der Waals surface area contributed by atoms with Crippen molar-refractivity contribution in [3.05, 3.63) is 18.2 Å². The van der Waals surface area contributed by atoms with Crippen LogP contribution in [0.5, 0.6) is 0 Å². The third-order valence-corrected chi connectivity index (χ3v) is 2.28. The molecule has 0 aliphatic carbocycles. The molecule has 0 fully saturated rings. The number of aryl methyl sites for hydroxylation is 1. The molecule has 3 N–H and O–H groups in total. The molecule has 0 bridgehead atoms. The molecule has 80 valence electrons. The first-order valence-corrected chi connectivity index (χ1v) is 4.92. The van der Waals surface area contributed by atoms with Gasteiger partial charge < -0.3 is 10.3 Å². The fraction of sp³-hybridized carbons (Fsp3) is 0.444. The summed E-state index contributed by atoms with van der Waals surface area (Å²) in [7, 11) is 0. The van der Waals surface area contributed by atoms with E-state index in [4.69, 9.17) is 5.73 Å². The van der Waals surface area contributed by atoms with Crippen LogP contribution in [0.4, 0.5) is 0 Å². The summed E-state index contributed by atoms with van der Waals surface area (Å²) in [5.41, 5.74) is 6.44. The molecule has 0 aliphatic rings. The van der Waals surface area contributed by atoms with Crippen LogP contribution < -0.4 is 5.73 Å². The number of hydrogen-bond acceptors (Lipinski definition) is 4. The Kier molecular flexibility index (Phi) is 2.77. The highest BCUT2D eigenvalue weighted by Gasteiger charge is 2.10. The summed E-state index contributed by atoms with van der Waals surface area (Å²) in [4.78, 5) is 0. The van der Waals surface area contributed by atoms with Crippen LogP contribution in [0.15, 0.2) is 12.4 Å². The van der Waals surface area contributed by atoms with Crippen LogP contribution >= 0.6 is 0 Å². The molecule has 0 radical (unpaired) electrons. The van der Waals surface area contributed by atoms with Gasteiger partial charge in [-0.3, -0.25) is 5.10 Å². The lowest BCUT2D eigenvalue weighted by atomic mass is 10.3. The van der Waals surface area contributed by atoms with E-state index in [-0.39, 0.29) is 0 Å². The first-order chi connectivity index (χ1) is 7.33. The lowest BCUT2D eigenvalue weighted by Crippen LogP contribution is -2.08. The lowest BCUT2D eigenvalue weighted by Gasteiger charge is -2.05. The Morgan fingerprint density at radius 3 is 3.00 bits per heavy atom. The molecule has 6 nitrogen and oxygen atoms in total. The van der Waals surface area contributed by atoms with Gasteiger partial charge in [-0.15, -0.1) is 10.2 Å². The number of nitrogens with two attached hydrogens (primary N) is 1. The summed E-state index contributed by atoms with van der Waals surface area (Å²) in [5.74, 6) is 1.74. The zero-order chi connectivity index (χ0) is 10.7. The molecule has 6 heteroatoms. The minimum atomic E-state index is 0.669. The molecular formula is C9H14N6. The monoisotopic (exact) mass is 206 g/mol. The van der Waals surface area contributed by atoms with Crippen LogP contribution in [0, 0.1) is 6.92 Å². The highest BCUT2D eigenvalue weighted by atomic mass is 15.3. The topological polar surface area (TPSA) is 85.4 Å². The molecule has 2 rings (SSSR count). The van der Waals surface area contributed by atoms with Crippen LogP contribution in [0.2, 0.25) is 0 Å². The van der Waals surface area contributed by atoms with Crippen molar-refractivity contribution in [1.82, 2.24) is 25.0 Å². The Morgan fingerprint density at radius 2 is 2.33 bits per heavy atom. The maximum absolute atomic E-state index is 5.49. The highest BCUT2D eigenvalue weighted by Crippen LogP contribution is 2.16. The second kappa shape index (κ2) is 4.22. The molecule has 0 aliphatic heterocycles. The molecule has 0 unspecified atom stereocenters. The van der Waals surface area contributed by atoms with Gasteiger partial charge in [0.25, 0.3) is 0 Å². The molecule has 0 aromatic carbocycles. The van der Waals surface area contributed by atoms with Gasteiger partial charge >= 0.3 is 0 Å². The van der Waals surface area contributed by atoms with Gasteiger partial charge in [0.2, 0.25) is 0 Å². The molecular weight excluding hydrogens is 192 g/mol. The Bertz CT molecular complexity index is 416. The van der Waals surface area contributed by atoms with Gasteiger partial charge in [-0.2, -0.15) is 5.10 Å². The van der Waals surface area contributed by atoms with E-state index in [1.54, 1.807) is 6.20 Å². The molecule has 0 saturated carbocycles. The third-order valence-electron chi connectivity index (χ3n) is 2.28. The van der Waals surface area contributed by atoms with Gasteiger partial charge in [0.1, 0.15) is 5.82 Å². The number of nitrogens with one attached hydrogen (secondary N) is 1. The summed E-state index contributed by atoms with van der Waals surface area (Å²) in [6.07, 6.45) is 4.47. The molecule has 15 heavy (non-hydrogen) atoms. The van der Waals surface area contributed by atoms with Crippen molar-refractivity contribution in [3.63, 3.8) is 0 Å². The smallest absolute Gasteiger partial charge is 0.167 e. The van der Waals surface area contributed by atoms with Gasteiger partial charge in [0.15, 0.2) is 5.82 Å². The highest BCUT2D eigenvalue weighted by molar-refractivity contribution is 5.52. The standard InChI is InChI=1S/C9H14N6/c1-7-13-14-9(8-5-11-12-6-8)15(7)4-2-3-10/h5-6H,2-4,10H2,1H3,(H,11,12). The Labute approximate surface area is 87.5 Å². The van der Waals surface area contributed by atoms with Gasteiger partial charge in [-0.05, 0) is 19.9 Å². The number of aromatic nitrogens is 5. The molecule has 2 heterocycles. The van der Waals surface area contributed by atoms with Gasteiger partial charge in [-0.1, -0.05) is 0 Å². The van der Waals surface area contributed by atoms with E-state index in [0.29, 0.717) is 6.54 Å². The van der Waals surface area contributed by atoms with Gasteiger partial charge in [0.05, 0.1) is 11.8 Å². The van der Waals surface area contributed by atoms with Crippen LogP contribution in [0.1, 0.15) is 12.2 Å². The Morgan fingerprint density at radius 1 is 1.47 bits per heavy atom. The van der Waals surface area contributed by atoms with Gasteiger partial charge in [0, 0.05) is 12.7 Å². The van der Waals surface area contributed by atoms with Crippen LogP contribution in [-0.2, 0) is 6.54 Å². The van der Waals surface area contributed by atoms with E-state index in [1.165, 1.54) is 0 Å². The average molecular weight is 206 g/mol. The van der Waals surface area contributed by atoms with Gasteiger partial charge in [-0.25, -0.2) is 0 Å². The van der Waals surface area contributed by atoms with E-state index in [0.717, 1.165) is 30.2 Å². The maximum atomic E-state index is 5.49. The Balaban J connectivity index is 2.31. The number of rotatable bonds is 4. The lowest BCUT2D eigenvalue weighted by molar-refractivity contribution is 0.638. The normalized spacial score (nSPS) is 10.8. The van der Waals surface area contributed by atoms with Crippen molar-refractivity contribution < 1.29 is 0 Å². The summed E-state index contributed by atoms with van der Waals surface area (Å²) < 4.78 is 2.05. The fourth-order valence-electron chi connectivity index (χ4n) is 1.48. The predicted molar refractivity (Wildman–Crippen MR) is 56.0 cm³/mol. The number of hydrogen-bond donors (Lipinski definition) is 2. The third kappa shape index (κ3) is 1.89. The summed E-state index contributed by atoms with van der Waals surface area (Å²) >= 11 is 0. The molecule has 0 saturated heterocycles. The SMILES string of the molecule is Cc1nnc(-c2cn[nH]c2)n1CCCN. The zero-order valence-electron chi connectivity index (χ0n) is 8.64. The number of nitrogens with zero attached hydrogens (tertiary/aromatic N) is 4. The largest absolute Gasteiger partial charge is 0.330 e. The predicted octanol–water partition coefficient (Wildman–Crippen LogP) is 0.325. The fourth-order valence-corrected chi connectivity index (χ4v) is 1.48. The summed E-state index contributed by atoms with van der Waals surface area (Å²) in [6.45, 7) is 3.45. The van der Waals surface area contributed by atoms with E-state index in [2.05, 4.69) is 25.0 Å². The van der Waals surface area contributed by atoms with E-state index >= 15 is 0 Å². The molecule has 2 aromatic rings. The van der Waals surface area contributed by atoms with Crippen LogP contribution in [-0.4, -0.2) is 31.5 Å². The number of aromatic amines is 1. The van der Waals surface area contributed by atoms with Crippen molar-refractivity contribution >= 4 is 0 Å². The second-order valence-corrected chi connectivity index (χ2v) is 3.35. The molecule has 2 aromatic heterocycles.